The molecule has 98 valence electrons. The van der Waals surface area contributed by atoms with E-state index in [-0.39, 0.29) is 17.7 Å². The molecule has 0 saturated carbocycles. The van der Waals surface area contributed by atoms with Gasteiger partial charge in [0, 0.05) is 28.6 Å². The van der Waals surface area contributed by atoms with Gasteiger partial charge in [0.2, 0.25) is 0 Å². The number of nitrogens with zero attached hydrogens (tertiary/aromatic N) is 2. The van der Waals surface area contributed by atoms with E-state index < -0.39 is 0 Å². The highest BCUT2D eigenvalue weighted by Crippen LogP contribution is 2.10. The van der Waals surface area contributed by atoms with Gasteiger partial charge in [0.25, 0.3) is 5.91 Å². The molecule has 18 heavy (non-hydrogen) atoms. The summed E-state index contributed by atoms with van der Waals surface area (Å²) in [6.45, 7) is 2.20. The molecule has 3 N–H and O–H groups in total. The van der Waals surface area contributed by atoms with Crippen molar-refractivity contribution in [3.63, 3.8) is 0 Å². The Bertz CT molecular complexity index is 445. The van der Waals surface area contributed by atoms with Crippen molar-refractivity contribution in [3.05, 3.63) is 33.4 Å². The van der Waals surface area contributed by atoms with Gasteiger partial charge in [0.05, 0.1) is 0 Å². The maximum absolute atomic E-state index is 12.1. The molecule has 6 heteroatoms. The molecule has 0 radical (unpaired) electrons. The molecule has 1 atom stereocenters. The third-order valence-electron chi connectivity index (χ3n) is 2.61. The molecule has 0 aromatic heterocycles. The van der Waals surface area contributed by atoms with Gasteiger partial charge in [-0.3, -0.25) is 4.79 Å². The molecule has 1 aromatic carbocycles. The van der Waals surface area contributed by atoms with Gasteiger partial charge >= 0.3 is 0 Å². The van der Waals surface area contributed by atoms with Crippen LogP contribution in [0.2, 0.25) is 0 Å². The maximum atomic E-state index is 12.1. The first-order chi connectivity index (χ1) is 8.45. The van der Waals surface area contributed by atoms with E-state index in [1.165, 1.54) is 0 Å². The standard InChI is InChI=1S/C12H16IN3O2/c1-8(11(14)15-18)7-16(2)12(17)9-3-5-10(13)6-4-9/h3-6,8,18H,7H2,1-2H3,(H2,14,15). The molecule has 1 aromatic rings. The number of carbonyl (C=O) groups is 1. The summed E-state index contributed by atoms with van der Waals surface area (Å²) in [5, 5.41) is 11.5. The zero-order valence-corrected chi connectivity index (χ0v) is 12.5. The maximum Gasteiger partial charge on any atom is 0.253 e. The van der Waals surface area contributed by atoms with Gasteiger partial charge in [-0.15, -0.1) is 0 Å². The number of benzene rings is 1. The van der Waals surface area contributed by atoms with Gasteiger partial charge in [-0.1, -0.05) is 12.1 Å². The lowest BCUT2D eigenvalue weighted by molar-refractivity contribution is 0.0786. The summed E-state index contributed by atoms with van der Waals surface area (Å²) in [7, 11) is 1.70. The van der Waals surface area contributed by atoms with E-state index >= 15 is 0 Å². The number of oxime groups is 1. The summed E-state index contributed by atoms with van der Waals surface area (Å²) in [5.41, 5.74) is 6.11. The first-order valence-corrected chi connectivity index (χ1v) is 6.52. The van der Waals surface area contributed by atoms with Gasteiger partial charge < -0.3 is 15.8 Å². The quantitative estimate of drug-likeness (QED) is 0.282. The van der Waals surface area contributed by atoms with Crippen LogP contribution in [0.3, 0.4) is 0 Å². The normalized spacial score (nSPS) is 13.2. The van der Waals surface area contributed by atoms with Crippen LogP contribution in [0.1, 0.15) is 17.3 Å². The molecule has 0 saturated heterocycles. The number of hydrogen-bond acceptors (Lipinski definition) is 3. The van der Waals surface area contributed by atoms with Crippen LogP contribution >= 0.6 is 22.6 Å². The highest BCUT2D eigenvalue weighted by molar-refractivity contribution is 14.1. The fourth-order valence-electron chi connectivity index (χ4n) is 1.50. The lowest BCUT2D eigenvalue weighted by atomic mass is 10.1. The Balaban J connectivity index is 2.70. The average Bonchev–Trinajstić information content (AvgIpc) is 2.37. The van der Waals surface area contributed by atoms with Crippen molar-refractivity contribution in [2.45, 2.75) is 6.92 Å². The second-order valence-electron chi connectivity index (χ2n) is 4.12. The van der Waals surface area contributed by atoms with Crippen LogP contribution < -0.4 is 5.73 Å². The zero-order valence-electron chi connectivity index (χ0n) is 10.3. The number of carbonyl (C=O) groups excluding carboxylic acids is 1. The Hall–Kier alpha value is -1.31. The summed E-state index contributed by atoms with van der Waals surface area (Å²) in [4.78, 5) is 13.6. The molecular weight excluding hydrogens is 345 g/mol. The van der Waals surface area contributed by atoms with Gasteiger partial charge in [0.1, 0.15) is 5.84 Å². The SMILES string of the molecule is CC(CN(C)C(=O)c1ccc(I)cc1)/C(N)=N/O. The minimum absolute atomic E-state index is 0.0796. The van der Waals surface area contributed by atoms with Crippen molar-refractivity contribution in [3.8, 4) is 0 Å². The van der Waals surface area contributed by atoms with Crippen LogP contribution in [0.15, 0.2) is 29.4 Å². The third kappa shape index (κ3) is 3.86. The topological polar surface area (TPSA) is 78.9 Å². The van der Waals surface area contributed by atoms with E-state index in [1.807, 2.05) is 12.1 Å². The number of hydrogen-bond donors (Lipinski definition) is 2. The Morgan fingerprint density at radius 1 is 1.50 bits per heavy atom. The van der Waals surface area contributed by atoms with Crippen molar-refractivity contribution in [1.82, 2.24) is 4.90 Å². The Labute approximate surface area is 120 Å². The molecule has 0 aliphatic heterocycles. The molecule has 0 aliphatic rings. The minimum atomic E-state index is -0.187. The molecule has 1 amide bonds. The van der Waals surface area contributed by atoms with E-state index in [2.05, 4.69) is 27.7 Å². The summed E-state index contributed by atoms with van der Waals surface area (Å²) in [6.07, 6.45) is 0. The first kappa shape index (κ1) is 14.7. The predicted molar refractivity (Wildman–Crippen MR) is 78.7 cm³/mol. The minimum Gasteiger partial charge on any atom is -0.409 e. The van der Waals surface area contributed by atoms with Crippen molar-refractivity contribution in [2.75, 3.05) is 13.6 Å². The molecule has 0 bridgehead atoms. The van der Waals surface area contributed by atoms with E-state index in [9.17, 15) is 4.79 Å². The molecule has 0 fully saturated rings. The Morgan fingerprint density at radius 2 is 2.06 bits per heavy atom. The third-order valence-corrected chi connectivity index (χ3v) is 3.33. The van der Waals surface area contributed by atoms with Gasteiger partial charge in [-0.05, 0) is 46.9 Å². The monoisotopic (exact) mass is 361 g/mol. The van der Waals surface area contributed by atoms with Gasteiger partial charge in [-0.2, -0.15) is 0 Å². The average molecular weight is 361 g/mol. The van der Waals surface area contributed by atoms with Crippen LogP contribution in [-0.4, -0.2) is 35.4 Å². The molecule has 0 aliphatic carbocycles. The van der Waals surface area contributed by atoms with Gasteiger partial charge in [0.15, 0.2) is 0 Å². The van der Waals surface area contributed by atoms with Gasteiger partial charge in [-0.25, -0.2) is 0 Å². The number of nitrogens with two attached hydrogens (primary N) is 1. The Morgan fingerprint density at radius 3 is 2.56 bits per heavy atom. The summed E-state index contributed by atoms with van der Waals surface area (Å²) < 4.78 is 1.08. The highest BCUT2D eigenvalue weighted by Gasteiger charge is 2.16. The van der Waals surface area contributed by atoms with E-state index in [0.717, 1.165) is 3.57 Å². The van der Waals surface area contributed by atoms with Crippen LogP contribution in [0.25, 0.3) is 0 Å². The number of amides is 1. The van der Waals surface area contributed by atoms with Crippen LogP contribution in [0.4, 0.5) is 0 Å². The van der Waals surface area contributed by atoms with Crippen LogP contribution in [0.5, 0.6) is 0 Å². The predicted octanol–water partition coefficient (Wildman–Crippen LogP) is 1.75. The van der Waals surface area contributed by atoms with Crippen molar-refractivity contribution < 1.29 is 10.0 Å². The fraction of sp³-hybridized carbons (Fsp3) is 0.333. The van der Waals surface area contributed by atoms with Crippen LogP contribution in [-0.2, 0) is 0 Å². The first-order valence-electron chi connectivity index (χ1n) is 5.44. The van der Waals surface area contributed by atoms with Crippen LogP contribution in [0, 0.1) is 9.49 Å². The lowest BCUT2D eigenvalue weighted by Crippen LogP contribution is -2.36. The van der Waals surface area contributed by atoms with E-state index in [4.69, 9.17) is 10.9 Å². The molecular formula is C12H16IN3O2. The number of amidine groups is 1. The smallest absolute Gasteiger partial charge is 0.253 e. The van der Waals surface area contributed by atoms with Crippen molar-refractivity contribution in [2.24, 2.45) is 16.8 Å². The number of halogens is 1. The summed E-state index contributed by atoms with van der Waals surface area (Å²) in [6, 6.07) is 7.34. The second-order valence-corrected chi connectivity index (χ2v) is 5.36. The largest absolute Gasteiger partial charge is 0.409 e. The summed E-state index contributed by atoms with van der Waals surface area (Å²) in [5.74, 6) is -0.144. The highest BCUT2D eigenvalue weighted by atomic mass is 127. The van der Waals surface area contributed by atoms with E-state index in [1.54, 1.807) is 31.0 Å². The van der Waals surface area contributed by atoms with Crippen molar-refractivity contribution in [1.29, 1.82) is 0 Å². The molecule has 5 nitrogen and oxygen atoms in total. The van der Waals surface area contributed by atoms with Crippen molar-refractivity contribution >= 4 is 34.3 Å². The van der Waals surface area contributed by atoms with E-state index in [0.29, 0.717) is 12.1 Å². The lowest BCUT2D eigenvalue weighted by Gasteiger charge is -2.20. The molecule has 1 rings (SSSR count). The molecule has 1 unspecified atom stereocenters. The molecule has 0 spiro atoms. The number of rotatable bonds is 4. The fourth-order valence-corrected chi connectivity index (χ4v) is 1.86. The molecule has 0 heterocycles. The second kappa shape index (κ2) is 6.58. The Kier molecular flexibility index (Phi) is 5.39. The zero-order chi connectivity index (χ0) is 13.7. The summed E-state index contributed by atoms with van der Waals surface area (Å²) >= 11 is 2.19.